The zero-order chi connectivity index (χ0) is 21.6. The van der Waals surface area contributed by atoms with Crippen molar-refractivity contribution in [3.05, 3.63) is 66.1 Å². The quantitative estimate of drug-likeness (QED) is 0.630. The zero-order valence-electron chi connectivity index (χ0n) is 17.6. The number of oxazole rings is 1. The average Bonchev–Trinajstić information content (AvgIpc) is 3.27. The first kappa shape index (κ1) is 21.0. The number of anilines is 1. The summed E-state index contributed by atoms with van der Waals surface area (Å²) >= 11 is 0. The maximum absolute atomic E-state index is 13.1. The van der Waals surface area contributed by atoms with Crippen molar-refractivity contribution in [2.45, 2.75) is 19.4 Å². The molecule has 0 radical (unpaired) electrons. The largest absolute Gasteiger partial charge is 0.441 e. The van der Waals surface area contributed by atoms with E-state index in [0.29, 0.717) is 24.6 Å². The maximum Gasteiger partial charge on any atom is 0.220 e. The summed E-state index contributed by atoms with van der Waals surface area (Å²) in [6, 6.07) is 9.92. The second-order valence-electron chi connectivity index (χ2n) is 7.68. The molecule has 0 saturated carbocycles. The summed E-state index contributed by atoms with van der Waals surface area (Å²) in [5.74, 6) is 1.60. The van der Waals surface area contributed by atoms with E-state index in [4.69, 9.17) is 4.42 Å². The molecule has 3 heterocycles. The smallest absolute Gasteiger partial charge is 0.220 e. The van der Waals surface area contributed by atoms with E-state index in [-0.39, 0.29) is 18.1 Å². The Hall–Kier alpha value is -3.26. The third-order valence-corrected chi connectivity index (χ3v) is 5.39. The Morgan fingerprint density at radius 1 is 1.13 bits per heavy atom. The first-order valence-corrected chi connectivity index (χ1v) is 10.4. The van der Waals surface area contributed by atoms with Crippen LogP contribution < -0.4 is 10.2 Å². The van der Waals surface area contributed by atoms with Crippen LogP contribution in [0, 0.1) is 5.82 Å². The summed E-state index contributed by atoms with van der Waals surface area (Å²) < 4.78 is 18.8. The van der Waals surface area contributed by atoms with Crippen LogP contribution in [0.1, 0.15) is 17.9 Å². The van der Waals surface area contributed by atoms with Gasteiger partial charge in [0.1, 0.15) is 11.6 Å². The van der Waals surface area contributed by atoms with Gasteiger partial charge in [0, 0.05) is 62.9 Å². The summed E-state index contributed by atoms with van der Waals surface area (Å²) in [5.41, 5.74) is 1.76. The highest BCUT2D eigenvalue weighted by Crippen LogP contribution is 2.21. The number of carbonyl (C=O) groups excluding carboxylic acids is 1. The van der Waals surface area contributed by atoms with Gasteiger partial charge >= 0.3 is 0 Å². The minimum absolute atomic E-state index is 0.0743. The molecule has 0 aliphatic carbocycles. The fraction of sp³-hybridized carbons (Fsp3) is 0.348. The number of halogens is 1. The minimum atomic E-state index is -0.301. The normalized spacial score (nSPS) is 14.6. The number of hydrogen-bond donors (Lipinski definition) is 1. The highest BCUT2D eigenvalue weighted by atomic mass is 19.1. The van der Waals surface area contributed by atoms with Crippen molar-refractivity contribution in [2.24, 2.45) is 0 Å². The van der Waals surface area contributed by atoms with Crippen molar-refractivity contribution >= 4 is 11.7 Å². The van der Waals surface area contributed by atoms with Gasteiger partial charge in [-0.2, -0.15) is 0 Å². The highest BCUT2D eigenvalue weighted by Gasteiger charge is 2.18. The molecule has 0 spiro atoms. The monoisotopic (exact) mass is 423 g/mol. The number of nitrogens with zero attached hydrogens (tertiary/aromatic N) is 4. The number of carbonyl (C=O) groups is 1. The predicted octanol–water partition coefficient (Wildman–Crippen LogP) is 2.88. The van der Waals surface area contributed by atoms with Crippen LogP contribution in [0.4, 0.5) is 10.2 Å². The van der Waals surface area contributed by atoms with Crippen molar-refractivity contribution < 1.29 is 13.6 Å². The van der Waals surface area contributed by atoms with Crippen LogP contribution in [-0.2, 0) is 17.8 Å². The fourth-order valence-electron chi connectivity index (χ4n) is 3.55. The van der Waals surface area contributed by atoms with E-state index in [2.05, 4.69) is 32.1 Å². The van der Waals surface area contributed by atoms with Crippen molar-refractivity contribution in [3.63, 3.8) is 0 Å². The molecule has 0 unspecified atom stereocenters. The Morgan fingerprint density at radius 2 is 1.90 bits per heavy atom. The average molecular weight is 423 g/mol. The molecular weight excluding hydrogens is 397 g/mol. The molecule has 3 aromatic rings. The molecule has 1 amide bonds. The van der Waals surface area contributed by atoms with E-state index in [1.54, 1.807) is 24.5 Å². The number of hydrogen-bond acceptors (Lipinski definition) is 6. The van der Waals surface area contributed by atoms with E-state index in [1.807, 2.05) is 12.1 Å². The van der Waals surface area contributed by atoms with Gasteiger partial charge in [0.05, 0.1) is 6.20 Å². The maximum atomic E-state index is 13.1. The van der Waals surface area contributed by atoms with Gasteiger partial charge in [0.25, 0.3) is 0 Å². The van der Waals surface area contributed by atoms with Crippen LogP contribution in [-0.4, -0.2) is 54.0 Å². The predicted molar refractivity (Wildman–Crippen MR) is 116 cm³/mol. The lowest BCUT2D eigenvalue weighted by Gasteiger charge is -2.34. The molecule has 1 saturated heterocycles. The molecular formula is C23H26FN5O2. The second kappa shape index (κ2) is 9.70. The fourth-order valence-corrected chi connectivity index (χ4v) is 3.55. The molecule has 1 fully saturated rings. The zero-order valence-corrected chi connectivity index (χ0v) is 17.6. The van der Waals surface area contributed by atoms with Gasteiger partial charge in [-0.15, -0.1) is 0 Å². The Kier molecular flexibility index (Phi) is 6.57. The number of aryl methyl sites for hydroxylation is 1. The van der Waals surface area contributed by atoms with Gasteiger partial charge in [0.2, 0.25) is 5.91 Å². The van der Waals surface area contributed by atoms with Gasteiger partial charge in [0.15, 0.2) is 11.7 Å². The summed E-state index contributed by atoms with van der Waals surface area (Å²) in [7, 11) is 2.12. The summed E-state index contributed by atoms with van der Waals surface area (Å²) in [4.78, 5) is 25.7. The molecule has 4 rings (SSSR count). The van der Waals surface area contributed by atoms with Crippen molar-refractivity contribution in [1.82, 2.24) is 20.2 Å². The number of rotatable bonds is 7. The Labute approximate surface area is 180 Å². The molecule has 1 aromatic carbocycles. The van der Waals surface area contributed by atoms with Crippen LogP contribution in [0.15, 0.2) is 53.2 Å². The van der Waals surface area contributed by atoms with Gasteiger partial charge in [-0.05, 0) is 37.4 Å². The van der Waals surface area contributed by atoms with Gasteiger partial charge < -0.3 is 19.5 Å². The number of benzene rings is 1. The molecule has 0 atom stereocenters. The Bertz CT molecular complexity index is 1010. The molecule has 0 bridgehead atoms. The standard InChI is InChI=1S/C23H26FN5O2/c1-28-11-13-29(14-12-28)23-18(3-2-10-25-23)15-26-21(30)8-9-22-27-16-20(31-22)17-4-6-19(24)7-5-17/h2-7,10,16H,8-9,11-15H2,1H3,(H,26,30). The molecule has 2 aromatic heterocycles. The summed E-state index contributed by atoms with van der Waals surface area (Å²) in [5, 5.41) is 2.98. The number of nitrogens with one attached hydrogen (secondary N) is 1. The number of amides is 1. The van der Waals surface area contributed by atoms with Crippen molar-refractivity contribution in [1.29, 1.82) is 0 Å². The number of likely N-dealkylation sites (N-methyl/N-ethyl adjacent to an activating group) is 1. The van der Waals surface area contributed by atoms with Crippen LogP contribution >= 0.6 is 0 Å². The topological polar surface area (TPSA) is 74.5 Å². The van der Waals surface area contributed by atoms with E-state index in [1.165, 1.54) is 12.1 Å². The SMILES string of the molecule is CN1CCN(c2ncccc2CNC(=O)CCc2ncc(-c3ccc(F)cc3)o2)CC1. The molecule has 8 heteroatoms. The molecule has 31 heavy (non-hydrogen) atoms. The first-order chi connectivity index (χ1) is 15.1. The molecule has 1 aliphatic heterocycles. The van der Waals surface area contributed by atoms with E-state index in [0.717, 1.165) is 43.1 Å². The minimum Gasteiger partial charge on any atom is -0.441 e. The summed E-state index contributed by atoms with van der Waals surface area (Å²) in [6.07, 6.45) is 4.05. The van der Waals surface area contributed by atoms with Gasteiger partial charge in [-0.25, -0.2) is 14.4 Å². The number of pyridine rings is 1. The van der Waals surface area contributed by atoms with Gasteiger partial charge in [-0.3, -0.25) is 4.79 Å². The summed E-state index contributed by atoms with van der Waals surface area (Å²) in [6.45, 7) is 4.28. The lowest BCUT2D eigenvalue weighted by Crippen LogP contribution is -2.45. The highest BCUT2D eigenvalue weighted by molar-refractivity contribution is 5.76. The third-order valence-electron chi connectivity index (χ3n) is 5.39. The van der Waals surface area contributed by atoms with E-state index >= 15 is 0 Å². The number of aromatic nitrogens is 2. The number of piperazine rings is 1. The lowest BCUT2D eigenvalue weighted by molar-refractivity contribution is -0.121. The molecule has 1 aliphatic rings. The van der Waals surface area contributed by atoms with Crippen LogP contribution in [0.5, 0.6) is 0 Å². The van der Waals surface area contributed by atoms with Crippen molar-refractivity contribution in [3.8, 4) is 11.3 Å². The Morgan fingerprint density at radius 3 is 2.68 bits per heavy atom. The molecule has 7 nitrogen and oxygen atoms in total. The van der Waals surface area contributed by atoms with Crippen LogP contribution in [0.2, 0.25) is 0 Å². The molecule has 162 valence electrons. The lowest BCUT2D eigenvalue weighted by atomic mass is 10.2. The first-order valence-electron chi connectivity index (χ1n) is 10.4. The van der Waals surface area contributed by atoms with Crippen LogP contribution in [0.3, 0.4) is 0 Å². The second-order valence-corrected chi connectivity index (χ2v) is 7.68. The Balaban J connectivity index is 1.29. The van der Waals surface area contributed by atoms with Crippen LogP contribution in [0.25, 0.3) is 11.3 Å². The molecule has 1 N–H and O–H groups in total. The van der Waals surface area contributed by atoms with Gasteiger partial charge in [-0.1, -0.05) is 6.07 Å². The van der Waals surface area contributed by atoms with E-state index in [9.17, 15) is 9.18 Å². The van der Waals surface area contributed by atoms with E-state index < -0.39 is 0 Å². The van der Waals surface area contributed by atoms with Crippen molar-refractivity contribution in [2.75, 3.05) is 38.1 Å². The third kappa shape index (κ3) is 5.46.